The van der Waals surface area contributed by atoms with Gasteiger partial charge >= 0.3 is 0 Å². The summed E-state index contributed by atoms with van der Waals surface area (Å²) in [5.74, 6) is -0.447. The Morgan fingerprint density at radius 3 is 2.21 bits per heavy atom. The topological polar surface area (TPSA) is 52.6 Å². The van der Waals surface area contributed by atoms with Gasteiger partial charge < -0.3 is 15.1 Å². The smallest absolute Gasteiger partial charge is 0.208 e. The fourth-order valence-corrected chi connectivity index (χ4v) is 5.19. The van der Waals surface area contributed by atoms with Crippen LogP contribution in [-0.2, 0) is 9.84 Å². The van der Waals surface area contributed by atoms with Gasteiger partial charge in [-0.25, -0.2) is 12.8 Å². The number of rotatable bonds is 8. The number of anilines is 2. The molecule has 1 N–H and O–H groups in total. The predicted octanol–water partition coefficient (Wildman–Crippen LogP) is 3.69. The number of sulfone groups is 1. The van der Waals surface area contributed by atoms with Crippen molar-refractivity contribution in [2.75, 3.05) is 49.1 Å². The Kier molecular flexibility index (Phi) is 7.14. The molecule has 1 aliphatic heterocycles. The van der Waals surface area contributed by atoms with Crippen molar-refractivity contribution in [3.63, 3.8) is 0 Å². The van der Waals surface area contributed by atoms with Crippen LogP contribution in [0.1, 0.15) is 26.7 Å². The lowest BCUT2D eigenvalue weighted by Gasteiger charge is -2.32. The first kappa shape index (κ1) is 21.6. The average molecular weight is 420 g/mol. The van der Waals surface area contributed by atoms with E-state index in [-0.39, 0.29) is 9.79 Å². The third-order valence-electron chi connectivity index (χ3n) is 5.17. The first-order valence-corrected chi connectivity index (χ1v) is 11.8. The van der Waals surface area contributed by atoms with Crippen LogP contribution in [-0.4, -0.2) is 47.7 Å². The van der Waals surface area contributed by atoms with Crippen molar-refractivity contribution >= 4 is 21.2 Å². The highest BCUT2D eigenvalue weighted by atomic mass is 32.2. The van der Waals surface area contributed by atoms with Crippen molar-refractivity contribution in [2.24, 2.45) is 0 Å². The largest absolute Gasteiger partial charge is 0.370 e. The second-order valence-corrected chi connectivity index (χ2v) is 9.25. The van der Waals surface area contributed by atoms with Crippen LogP contribution >= 0.6 is 0 Å². The van der Waals surface area contributed by atoms with E-state index in [0.29, 0.717) is 0 Å². The van der Waals surface area contributed by atoms with E-state index in [1.54, 1.807) is 6.07 Å². The molecule has 1 aliphatic rings. The summed E-state index contributed by atoms with van der Waals surface area (Å²) in [7, 11) is -3.75. The van der Waals surface area contributed by atoms with E-state index in [4.69, 9.17) is 0 Å². The van der Waals surface area contributed by atoms with E-state index in [9.17, 15) is 12.8 Å². The molecule has 0 amide bonds. The third-order valence-corrected chi connectivity index (χ3v) is 6.98. The van der Waals surface area contributed by atoms with E-state index < -0.39 is 15.7 Å². The zero-order valence-corrected chi connectivity index (χ0v) is 18.0. The quantitative estimate of drug-likeness (QED) is 0.662. The summed E-state index contributed by atoms with van der Waals surface area (Å²) in [4.78, 5) is 4.83. The molecule has 0 aliphatic carbocycles. The second kappa shape index (κ2) is 9.59. The fraction of sp³-hybridized carbons (Fsp3) is 0.455. The Balaban J connectivity index is 2.10. The minimum Gasteiger partial charge on any atom is -0.370 e. The molecule has 2 aromatic rings. The lowest BCUT2D eigenvalue weighted by molar-refractivity contribution is 0.588. The van der Waals surface area contributed by atoms with Crippen LogP contribution in [0.3, 0.4) is 0 Å². The van der Waals surface area contributed by atoms with Gasteiger partial charge in [-0.05, 0) is 55.3 Å². The van der Waals surface area contributed by atoms with Crippen LogP contribution < -0.4 is 15.1 Å². The summed E-state index contributed by atoms with van der Waals surface area (Å²) < 4.78 is 40.1. The van der Waals surface area contributed by atoms with E-state index in [1.807, 2.05) is 12.1 Å². The number of benzene rings is 2. The molecule has 3 rings (SSSR count). The number of hydrogen-bond acceptors (Lipinski definition) is 5. The first-order valence-electron chi connectivity index (χ1n) is 10.3. The molecule has 0 spiro atoms. The SMILES string of the molecule is CCCN(CCC)c1cc(N2CCNCC2)ccc1S(=O)(=O)c1ccc(F)cc1. The highest BCUT2D eigenvalue weighted by molar-refractivity contribution is 7.91. The first-order chi connectivity index (χ1) is 14.0. The predicted molar refractivity (Wildman–Crippen MR) is 116 cm³/mol. The average Bonchev–Trinajstić information content (AvgIpc) is 2.74. The molecule has 1 fully saturated rings. The molecule has 2 aromatic carbocycles. The van der Waals surface area contributed by atoms with Crippen LogP contribution in [0.15, 0.2) is 52.3 Å². The molecule has 0 radical (unpaired) electrons. The molecular weight excluding hydrogens is 389 g/mol. The molecule has 0 unspecified atom stereocenters. The fourth-order valence-electron chi connectivity index (χ4n) is 3.73. The Labute approximate surface area is 173 Å². The molecular formula is C22H30FN3O2S. The van der Waals surface area contributed by atoms with Gasteiger partial charge in [-0.2, -0.15) is 0 Å². The number of halogens is 1. The molecule has 1 heterocycles. The highest BCUT2D eigenvalue weighted by Gasteiger charge is 2.25. The van der Waals surface area contributed by atoms with Gasteiger partial charge in [-0.3, -0.25) is 0 Å². The van der Waals surface area contributed by atoms with Crippen molar-refractivity contribution in [1.82, 2.24) is 5.32 Å². The van der Waals surface area contributed by atoms with E-state index in [1.165, 1.54) is 24.3 Å². The zero-order valence-electron chi connectivity index (χ0n) is 17.2. The van der Waals surface area contributed by atoms with E-state index in [2.05, 4.69) is 29.0 Å². The van der Waals surface area contributed by atoms with Crippen LogP contribution in [0.4, 0.5) is 15.8 Å². The number of hydrogen-bond donors (Lipinski definition) is 1. The summed E-state index contributed by atoms with van der Waals surface area (Å²) in [5, 5.41) is 3.35. The molecule has 0 aromatic heterocycles. The molecule has 5 nitrogen and oxygen atoms in total. The zero-order chi connectivity index (χ0) is 20.9. The number of nitrogens with zero attached hydrogens (tertiary/aromatic N) is 2. The Morgan fingerprint density at radius 2 is 1.62 bits per heavy atom. The van der Waals surface area contributed by atoms with Gasteiger partial charge in [0.1, 0.15) is 5.82 Å². The maximum atomic E-state index is 13.4. The Bertz CT molecular complexity index is 904. The standard InChI is InChI=1S/C22H30FN3O2S/c1-3-13-26(14-4-2)21-17-19(25-15-11-24-12-16-25)7-10-22(21)29(27,28)20-8-5-18(23)6-9-20/h5-10,17,24H,3-4,11-16H2,1-2H3. The normalized spacial score (nSPS) is 14.8. The van der Waals surface area contributed by atoms with Gasteiger partial charge in [-0.15, -0.1) is 0 Å². The molecule has 29 heavy (non-hydrogen) atoms. The van der Waals surface area contributed by atoms with Crippen LogP contribution in [0, 0.1) is 5.82 Å². The van der Waals surface area contributed by atoms with Gasteiger partial charge in [0.05, 0.1) is 15.5 Å². The molecule has 0 bridgehead atoms. The molecule has 7 heteroatoms. The summed E-state index contributed by atoms with van der Waals surface area (Å²) in [6.07, 6.45) is 1.85. The number of nitrogens with one attached hydrogen (secondary N) is 1. The minimum absolute atomic E-state index is 0.114. The van der Waals surface area contributed by atoms with Gasteiger partial charge in [0.2, 0.25) is 9.84 Å². The van der Waals surface area contributed by atoms with E-state index in [0.717, 1.165) is 63.5 Å². The second-order valence-electron chi connectivity index (χ2n) is 7.33. The van der Waals surface area contributed by atoms with Crippen molar-refractivity contribution < 1.29 is 12.8 Å². The lowest BCUT2D eigenvalue weighted by Crippen LogP contribution is -2.43. The summed E-state index contributed by atoms with van der Waals surface area (Å²) >= 11 is 0. The van der Waals surface area contributed by atoms with Crippen LogP contribution in [0.2, 0.25) is 0 Å². The van der Waals surface area contributed by atoms with Crippen molar-refractivity contribution in [2.45, 2.75) is 36.5 Å². The van der Waals surface area contributed by atoms with Crippen LogP contribution in [0.25, 0.3) is 0 Å². The Morgan fingerprint density at radius 1 is 1.00 bits per heavy atom. The molecule has 1 saturated heterocycles. The van der Waals surface area contributed by atoms with Crippen LogP contribution in [0.5, 0.6) is 0 Å². The number of piperazine rings is 1. The lowest BCUT2D eigenvalue weighted by atomic mass is 10.2. The molecule has 0 saturated carbocycles. The van der Waals surface area contributed by atoms with Gasteiger partial charge in [0.25, 0.3) is 0 Å². The van der Waals surface area contributed by atoms with Crippen molar-refractivity contribution in [3.05, 3.63) is 48.3 Å². The summed E-state index contributed by atoms with van der Waals surface area (Å²) in [6.45, 7) is 9.37. The molecule has 158 valence electrons. The van der Waals surface area contributed by atoms with Crippen molar-refractivity contribution in [3.8, 4) is 0 Å². The van der Waals surface area contributed by atoms with Gasteiger partial charge in [0, 0.05) is 45.0 Å². The Hall–Kier alpha value is -2.12. The molecule has 0 atom stereocenters. The summed E-state index contributed by atoms with van der Waals surface area (Å²) in [5.41, 5.74) is 1.77. The van der Waals surface area contributed by atoms with Gasteiger partial charge in [0.15, 0.2) is 0 Å². The minimum atomic E-state index is -3.75. The maximum absolute atomic E-state index is 13.4. The summed E-state index contributed by atoms with van der Waals surface area (Å²) in [6, 6.07) is 10.7. The highest BCUT2D eigenvalue weighted by Crippen LogP contribution is 2.34. The monoisotopic (exact) mass is 419 g/mol. The van der Waals surface area contributed by atoms with E-state index >= 15 is 0 Å². The maximum Gasteiger partial charge on any atom is 0.208 e. The van der Waals surface area contributed by atoms with Gasteiger partial charge in [-0.1, -0.05) is 13.8 Å². The van der Waals surface area contributed by atoms with Crippen molar-refractivity contribution in [1.29, 1.82) is 0 Å². The third kappa shape index (κ3) is 4.90.